The van der Waals surface area contributed by atoms with Crippen molar-refractivity contribution in [1.29, 1.82) is 5.26 Å². The smallest absolute Gasteiger partial charge is 0.267 e. The number of para-hydroxylation sites is 2. The van der Waals surface area contributed by atoms with Crippen molar-refractivity contribution in [3.8, 4) is 11.8 Å². The molecule has 9 heteroatoms. The fourth-order valence-electron chi connectivity index (χ4n) is 3.90. The molecule has 3 heterocycles. The molecule has 3 aromatic heterocycles. The third-order valence-electron chi connectivity index (χ3n) is 5.80. The van der Waals surface area contributed by atoms with E-state index in [2.05, 4.69) is 16.0 Å². The van der Waals surface area contributed by atoms with Crippen LogP contribution in [0.1, 0.15) is 21.8 Å². The SMILES string of the molecule is Cc1cccc(-n2c(SC/C(O)=C(\C#N)c3nc4ccccc4[nH]3)nc3sc(C)c(C)c3c2=O)c1. The summed E-state index contributed by atoms with van der Waals surface area (Å²) < 4.78 is 1.58. The number of thiophene rings is 1. The minimum absolute atomic E-state index is 0.0487. The number of aromatic amines is 1. The Kier molecular flexibility index (Phi) is 5.93. The average Bonchev–Trinajstić information content (AvgIpc) is 3.38. The van der Waals surface area contributed by atoms with Crippen LogP contribution >= 0.6 is 23.1 Å². The van der Waals surface area contributed by atoms with Crippen LogP contribution in [0.5, 0.6) is 0 Å². The lowest BCUT2D eigenvalue weighted by molar-refractivity contribution is 0.420. The van der Waals surface area contributed by atoms with Crippen LogP contribution in [-0.2, 0) is 0 Å². The Labute approximate surface area is 209 Å². The standard InChI is InChI=1S/C26H21N5O2S2/c1-14-7-6-8-17(11-14)31-25(33)22-15(2)16(3)35-24(22)30-26(31)34-13-21(32)18(12-27)23-28-19-9-4-5-10-20(19)29-23/h4-11,32H,13H2,1-3H3,(H,28,29)/b21-18-. The molecule has 0 bridgehead atoms. The lowest BCUT2D eigenvalue weighted by Crippen LogP contribution is -2.22. The molecule has 2 N–H and O–H groups in total. The van der Waals surface area contributed by atoms with E-state index in [1.807, 2.05) is 69.3 Å². The number of hydrogen-bond donors (Lipinski definition) is 2. The Morgan fingerprint density at radius 2 is 1.97 bits per heavy atom. The van der Waals surface area contributed by atoms with Crippen LogP contribution in [0.2, 0.25) is 0 Å². The fourth-order valence-corrected chi connectivity index (χ4v) is 5.86. The first-order valence-electron chi connectivity index (χ1n) is 10.9. The molecule has 0 atom stereocenters. The Morgan fingerprint density at radius 1 is 1.17 bits per heavy atom. The first-order chi connectivity index (χ1) is 16.9. The maximum absolute atomic E-state index is 13.6. The number of nitrogens with zero attached hydrogens (tertiary/aromatic N) is 4. The molecule has 0 amide bonds. The summed E-state index contributed by atoms with van der Waals surface area (Å²) in [6, 6.07) is 17.1. The number of aliphatic hydroxyl groups excluding tert-OH is 1. The van der Waals surface area contributed by atoms with Crippen LogP contribution in [0.3, 0.4) is 0 Å². The van der Waals surface area contributed by atoms with Crippen molar-refractivity contribution >= 4 is 49.9 Å². The minimum atomic E-state index is -0.147. The zero-order valence-corrected chi connectivity index (χ0v) is 20.9. The molecular formula is C26H21N5O2S2. The summed E-state index contributed by atoms with van der Waals surface area (Å²) in [6.07, 6.45) is 0. The van der Waals surface area contributed by atoms with Gasteiger partial charge in [-0.2, -0.15) is 5.26 Å². The monoisotopic (exact) mass is 499 g/mol. The zero-order valence-electron chi connectivity index (χ0n) is 19.3. The molecule has 0 spiro atoms. The highest BCUT2D eigenvalue weighted by molar-refractivity contribution is 7.99. The van der Waals surface area contributed by atoms with E-state index in [0.717, 1.165) is 21.5 Å². The second kappa shape index (κ2) is 9.06. The van der Waals surface area contributed by atoms with Crippen LogP contribution in [0.15, 0.2) is 64.2 Å². The minimum Gasteiger partial charge on any atom is -0.510 e. The number of aliphatic hydroxyl groups is 1. The van der Waals surface area contributed by atoms with E-state index in [1.165, 1.54) is 23.1 Å². The predicted molar refractivity (Wildman–Crippen MR) is 141 cm³/mol. The van der Waals surface area contributed by atoms with Gasteiger partial charge in [0.25, 0.3) is 5.56 Å². The first-order valence-corrected chi connectivity index (χ1v) is 12.7. The maximum Gasteiger partial charge on any atom is 0.267 e. The van der Waals surface area contributed by atoms with Gasteiger partial charge in [-0.15, -0.1) is 11.3 Å². The van der Waals surface area contributed by atoms with Crippen LogP contribution in [-0.4, -0.2) is 30.4 Å². The number of fused-ring (bicyclic) bond motifs is 2. The number of benzene rings is 2. The molecule has 7 nitrogen and oxygen atoms in total. The normalized spacial score (nSPS) is 12.2. The molecule has 0 aliphatic carbocycles. The number of aromatic nitrogens is 4. The summed E-state index contributed by atoms with van der Waals surface area (Å²) in [4.78, 5) is 27.6. The lowest BCUT2D eigenvalue weighted by Gasteiger charge is -2.13. The molecule has 174 valence electrons. The van der Waals surface area contributed by atoms with Crippen molar-refractivity contribution in [1.82, 2.24) is 19.5 Å². The van der Waals surface area contributed by atoms with E-state index >= 15 is 0 Å². The van der Waals surface area contributed by atoms with Gasteiger partial charge in [-0.3, -0.25) is 9.36 Å². The van der Waals surface area contributed by atoms with E-state index in [9.17, 15) is 15.2 Å². The maximum atomic E-state index is 13.6. The Morgan fingerprint density at radius 3 is 2.71 bits per heavy atom. The summed E-state index contributed by atoms with van der Waals surface area (Å²) in [5, 5.41) is 21.7. The molecule has 0 fully saturated rings. The number of nitriles is 1. The first kappa shape index (κ1) is 22.9. The van der Waals surface area contributed by atoms with Gasteiger partial charge in [0, 0.05) is 4.88 Å². The van der Waals surface area contributed by atoms with Crippen LogP contribution in [0.4, 0.5) is 0 Å². The molecule has 0 unspecified atom stereocenters. The van der Waals surface area contributed by atoms with Gasteiger partial charge >= 0.3 is 0 Å². The van der Waals surface area contributed by atoms with E-state index < -0.39 is 0 Å². The van der Waals surface area contributed by atoms with E-state index in [4.69, 9.17) is 4.98 Å². The van der Waals surface area contributed by atoms with Gasteiger partial charge < -0.3 is 10.1 Å². The van der Waals surface area contributed by atoms with Gasteiger partial charge in [-0.1, -0.05) is 36.0 Å². The van der Waals surface area contributed by atoms with Gasteiger partial charge in [0.2, 0.25) is 0 Å². The fraction of sp³-hybridized carbons (Fsp3) is 0.154. The van der Waals surface area contributed by atoms with Gasteiger partial charge in [-0.25, -0.2) is 9.97 Å². The third-order valence-corrected chi connectivity index (χ3v) is 7.85. The van der Waals surface area contributed by atoms with Gasteiger partial charge in [0.05, 0.1) is 27.9 Å². The molecule has 5 aromatic rings. The highest BCUT2D eigenvalue weighted by Gasteiger charge is 2.20. The topological polar surface area (TPSA) is 108 Å². The molecule has 0 radical (unpaired) electrons. The second-order valence-electron chi connectivity index (χ2n) is 8.16. The molecule has 0 saturated carbocycles. The largest absolute Gasteiger partial charge is 0.510 e. The van der Waals surface area contributed by atoms with Crippen molar-refractivity contribution in [2.24, 2.45) is 0 Å². The van der Waals surface area contributed by atoms with Crippen molar-refractivity contribution in [3.05, 3.63) is 86.5 Å². The van der Waals surface area contributed by atoms with Crippen molar-refractivity contribution in [2.45, 2.75) is 25.9 Å². The number of allylic oxidation sites excluding steroid dienone is 1. The summed E-state index contributed by atoms with van der Waals surface area (Å²) in [5.74, 6) is 0.212. The van der Waals surface area contributed by atoms with Crippen molar-refractivity contribution in [3.63, 3.8) is 0 Å². The van der Waals surface area contributed by atoms with Crippen molar-refractivity contribution < 1.29 is 5.11 Å². The number of H-pyrrole nitrogens is 1. The molecular weight excluding hydrogens is 478 g/mol. The summed E-state index contributed by atoms with van der Waals surface area (Å²) in [6.45, 7) is 5.88. The molecule has 0 saturated heterocycles. The van der Waals surface area contributed by atoms with Crippen molar-refractivity contribution in [2.75, 3.05) is 5.75 Å². The zero-order chi connectivity index (χ0) is 24.7. The van der Waals surface area contributed by atoms with Gasteiger partial charge in [0.1, 0.15) is 22.2 Å². The molecule has 0 aliphatic heterocycles. The quantitative estimate of drug-likeness (QED) is 0.136. The second-order valence-corrected chi connectivity index (χ2v) is 10.3. The highest BCUT2D eigenvalue weighted by atomic mass is 32.2. The Balaban J connectivity index is 1.59. The molecule has 2 aromatic carbocycles. The highest BCUT2D eigenvalue weighted by Crippen LogP contribution is 2.31. The number of rotatable bonds is 5. The van der Waals surface area contributed by atoms with E-state index in [1.54, 1.807) is 4.57 Å². The van der Waals surface area contributed by atoms with E-state index in [0.29, 0.717) is 32.4 Å². The van der Waals surface area contributed by atoms with Crippen LogP contribution < -0.4 is 5.56 Å². The van der Waals surface area contributed by atoms with Crippen LogP contribution in [0, 0.1) is 32.1 Å². The average molecular weight is 500 g/mol. The Bertz CT molecular complexity index is 1700. The number of hydrogen-bond acceptors (Lipinski definition) is 7. The predicted octanol–water partition coefficient (Wildman–Crippen LogP) is 5.83. The number of imidazole rings is 1. The number of aryl methyl sites for hydroxylation is 3. The summed E-state index contributed by atoms with van der Waals surface area (Å²) in [5.41, 5.74) is 4.05. The summed E-state index contributed by atoms with van der Waals surface area (Å²) >= 11 is 2.68. The molecule has 35 heavy (non-hydrogen) atoms. The lowest BCUT2D eigenvalue weighted by atomic mass is 10.2. The number of nitrogens with one attached hydrogen (secondary N) is 1. The molecule has 0 aliphatic rings. The number of thioether (sulfide) groups is 1. The van der Waals surface area contributed by atoms with Gasteiger partial charge in [0.15, 0.2) is 11.0 Å². The summed E-state index contributed by atoms with van der Waals surface area (Å²) in [7, 11) is 0. The third kappa shape index (κ3) is 4.11. The van der Waals surface area contributed by atoms with E-state index in [-0.39, 0.29) is 22.6 Å². The van der Waals surface area contributed by atoms with Crippen LogP contribution in [0.25, 0.3) is 32.5 Å². The Hall–Kier alpha value is -3.87. The van der Waals surface area contributed by atoms with Gasteiger partial charge in [-0.05, 0) is 56.2 Å². The molecule has 5 rings (SSSR count).